The average Bonchev–Trinajstić information content (AvgIpc) is 3.26. The first-order valence-corrected chi connectivity index (χ1v) is 13.4. The van der Waals surface area contributed by atoms with Crippen molar-refractivity contribution in [2.24, 2.45) is 22.2 Å². The number of hydrogen-bond donors (Lipinski definition) is 1. The molecule has 3 fully saturated rings. The van der Waals surface area contributed by atoms with Crippen LogP contribution in [0.3, 0.4) is 0 Å². The van der Waals surface area contributed by atoms with Gasteiger partial charge in [0.25, 0.3) is 0 Å². The van der Waals surface area contributed by atoms with Crippen molar-refractivity contribution in [3.05, 3.63) is 0 Å². The Morgan fingerprint density at radius 3 is 1.84 bits per heavy atom. The number of nitrogens with one attached hydrogen (secondary N) is 1. The summed E-state index contributed by atoms with van der Waals surface area (Å²) < 4.78 is 0. The van der Waals surface area contributed by atoms with Gasteiger partial charge in [0, 0.05) is 48.3 Å². The summed E-state index contributed by atoms with van der Waals surface area (Å²) in [5.74, 6) is 0.801. The number of carbonyl (C=O) groups is 2. The molecule has 0 aromatic carbocycles. The molecule has 3 atom stereocenters. The molecule has 0 bridgehead atoms. The smallest absolute Gasteiger partial charge is 0.228 e. The van der Waals surface area contributed by atoms with Gasteiger partial charge < -0.3 is 15.1 Å². The molecule has 0 radical (unpaired) electrons. The highest BCUT2D eigenvalue weighted by Crippen LogP contribution is 2.61. The molecule has 0 spiro atoms. The fourth-order valence-corrected chi connectivity index (χ4v) is 6.53. The van der Waals surface area contributed by atoms with Crippen molar-refractivity contribution >= 4 is 11.8 Å². The summed E-state index contributed by atoms with van der Waals surface area (Å²) in [6.07, 6.45) is 8.83. The van der Waals surface area contributed by atoms with Crippen LogP contribution in [0.1, 0.15) is 96.4 Å². The summed E-state index contributed by atoms with van der Waals surface area (Å²) >= 11 is 0. The third-order valence-corrected chi connectivity index (χ3v) is 10.1. The lowest BCUT2D eigenvalue weighted by atomic mass is 9.60. The summed E-state index contributed by atoms with van der Waals surface area (Å²) in [7, 11) is 1.88. The first-order chi connectivity index (χ1) is 16.4. The van der Waals surface area contributed by atoms with E-state index in [4.69, 9.17) is 6.42 Å². The first-order valence-electron chi connectivity index (χ1n) is 13.4. The summed E-state index contributed by atoms with van der Waals surface area (Å²) in [4.78, 5) is 30.5. The number of carbonyl (C=O) groups excluding carboxylic acids is 2. The lowest BCUT2D eigenvalue weighted by Crippen LogP contribution is -2.66. The van der Waals surface area contributed by atoms with Crippen molar-refractivity contribution in [1.29, 1.82) is 5.26 Å². The molecule has 1 saturated carbocycles. The number of fused-ring (bicyclic) bond motifs is 1. The van der Waals surface area contributed by atoms with Crippen LogP contribution in [-0.2, 0) is 9.59 Å². The second kappa shape index (κ2) is 8.82. The summed E-state index contributed by atoms with van der Waals surface area (Å²) in [6.45, 7) is 28.2. The molecule has 3 unspecified atom stereocenters. The van der Waals surface area contributed by atoms with Crippen LogP contribution in [0.25, 0.3) is 0 Å². The van der Waals surface area contributed by atoms with Crippen LogP contribution in [0.2, 0.25) is 0 Å². The Labute approximate surface area is 226 Å². The Bertz CT molecular complexity index is 1020. The van der Waals surface area contributed by atoms with Crippen LogP contribution in [0.5, 0.6) is 0 Å². The van der Waals surface area contributed by atoms with Gasteiger partial charge in [0.1, 0.15) is 0 Å². The molecular formula is C30H51N5O2. The number of terminal acetylenes is 1. The summed E-state index contributed by atoms with van der Waals surface area (Å²) in [5.41, 5.74) is -2.34. The van der Waals surface area contributed by atoms with Crippen LogP contribution in [-0.4, -0.2) is 68.8 Å². The van der Waals surface area contributed by atoms with Gasteiger partial charge in [0.15, 0.2) is 6.19 Å². The van der Waals surface area contributed by atoms with Gasteiger partial charge in [-0.2, -0.15) is 5.26 Å². The summed E-state index contributed by atoms with van der Waals surface area (Å²) in [5, 5.41) is 12.9. The molecule has 2 amide bonds. The average molecular weight is 514 g/mol. The van der Waals surface area contributed by atoms with Gasteiger partial charge in [0.05, 0.1) is 22.2 Å². The largest absolute Gasteiger partial charge is 0.348 e. The Hall–Kier alpha value is -2.41. The predicted molar refractivity (Wildman–Crippen MR) is 149 cm³/mol. The Morgan fingerprint density at radius 1 is 0.973 bits per heavy atom. The molecule has 2 heterocycles. The fraction of sp³-hybridized carbons (Fsp3) is 0.833. The Morgan fingerprint density at radius 2 is 1.49 bits per heavy atom. The van der Waals surface area contributed by atoms with Gasteiger partial charge in [-0.1, -0.05) is 61.8 Å². The molecule has 3 rings (SSSR count). The number of rotatable bonds is 2. The maximum Gasteiger partial charge on any atom is 0.228 e. The molecule has 7 heteroatoms. The van der Waals surface area contributed by atoms with E-state index in [0.29, 0.717) is 5.92 Å². The highest BCUT2D eigenvalue weighted by Gasteiger charge is 2.72. The van der Waals surface area contributed by atoms with E-state index in [9.17, 15) is 14.9 Å². The molecule has 0 aromatic heterocycles. The molecule has 2 aliphatic heterocycles. The van der Waals surface area contributed by atoms with Crippen LogP contribution in [0, 0.1) is 46.1 Å². The maximum absolute atomic E-state index is 13.0. The molecule has 2 saturated heterocycles. The number of likely N-dealkylation sites (tertiary alicyclic amines) is 2. The van der Waals surface area contributed by atoms with Crippen molar-refractivity contribution in [2.45, 2.75) is 119 Å². The maximum atomic E-state index is 13.0. The van der Waals surface area contributed by atoms with E-state index in [1.54, 1.807) is 0 Å². The van der Waals surface area contributed by atoms with Crippen molar-refractivity contribution in [3.63, 3.8) is 0 Å². The first kappa shape index (κ1) is 30.8. The van der Waals surface area contributed by atoms with E-state index in [0.717, 1.165) is 19.5 Å². The third-order valence-electron chi connectivity index (χ3n) is 10.1. The Kier molecular flexibility index (Phi) is 7.35. The number of hydrogen-bond acceptors (Lipinski definition) is 5. The van der Waals surface area contributed by atoms with E-state index < -0.39 is 16.5 Å². The van der Waals surface area contributed by atoms with E-state index in [-0.39, 0.29) is 33.7 Å². The molecule has 7 nitrogen and oxygen atoms in total. The number of piperidine rings is 1. The zero-order chi connectivity index (χ0) is 29.2. The molecule has 3 aliphatic rings. The van der Waals surface area contributed by atoms with Gasteiger partial charge >= 0.3 is 0 Å². The van der Waals surface area contributed by atoms with Gasteiger partial charge in [-0.3, -0.25) is 14.5 Å². The third kappa shape index (κ3) is 4.58. The Balaban J connectivity index is 0.000000278. The number of likely N-dealkylation sites (N-methyl/N-ethyl adjacent to an activating group) is 1. The lowest BCUT2D eigenvalue weighted by Gasteiger charge is -2.54. The van der Waals surface area contributed by atoms with Crippen LogP contribution >= 0.6 is 0 Å². The second-order valence-corrected chi connectivity index (χ2v) is 15.1. The van der Waals surface area contributed by atoms with E-state index in [1.807, 2.05) is 63.3 Å². The minimum atomic E-state index is -0.483. The molecular weight excluding hydrogens is 462 g/mol. The number of nitriles is 1. The zero-order valence-electron chi connectivity index (χ0n) is 25.9. The van der Waals surface area contributed by atoms with Crippen molar-refractivity contribution in [3.8, 4) is 18.7 Å². The van der Waals surface area contributed by atoms with Crippen molar-refractivity contribution < 1.29 is 9.59 Å². The second-order valence-electron chi connectivity index (χ2n) is 15.1. The van der Waals surface area contributed by atoms with Crippen molar-refractivity contribution in [1.82, 2.24) is 20.0 Å². The van der Waals surface area contributed by atoms with E-state index in [2.05, 4.69) is 66.0 Å². The number of amides is 2. The van der Waals surface area contributed by atoms with Crippen molar-refractivity contribution in [2.75, 3.05) is 20.1 Å². The number of nitrogens with zero attached hydrogens (tertiary/aromatic N) is 4. The zero-order valence-corrected chi connectivity index (χ0v) is 25.9. The standard InChI is InChI=1S/C18H33N3O.C12H18N2O/c1-14(2,3)13(22)20(11)18(10)15(4,5)16(6,7)21(12-19)17(18,8)9;1-5-14-7-9-6-12(9,8-14)13-10(15)11(2,3)4/h1-11H3;1,9H,6-8H2,2-4H3,(H,13,15). The predicted octanol–water partition coefficient (Wildman–Crippen LogP) is 4.44. The highest BCUT2D eigenvalue weighted by molar-refractivity contribution is 5.83. The van der Waals surface area contributed by atoms with Crippen LogP contribution in [0.15, 0.2) is 0 Å². The quantitative estimate of drug-likeness (QED) is 0.436. The van der Waals surface area contributed by atoms with Gasteiger partial charge in [-0.15, -0.1) is 0 Å². The van der Waals surface area contributed by atoms with Gasteiger partial charge in [-0.05, 0) is 41.0 Å². The lowest BCUT2D eigenvalue weighted by molar-refractivity contribution is -0.151. The van der Waals surface area contributed by atoms with Gasteiger partial charge in [-0.25, -0.2) is 0 Å². The minimum Gasteiger partial charge on any atom is -0.348 e. The SMILES string of the molecule is C#CN1CC2CC2(NC(=O)C(C)(C)C)C1.CN(C(=O)C(C)(C)C)C1(C)C(C)(C)N(C#N)C(C)(C)C1(C)C. The fourth-order valence-electron chi connectivity index (χ4n) is 6.53. The molecule has 1 aliphatic carbocycles. The van der Waals surface area contributed by atoms with Crippen LogP contribution < -0.4 is 5.32 Å². The van der Waals surface area contributed by atoms with Gasteiger partial charge in [0.2, 0.25) is 11.8 Å². The monoisotopic (exact) mass is 513 g/mol. The van der Waals surface area contributed by atoms with Crippen LogP contribution in [0.4, 0.5) is 0 Å². The molecule has 1 N–H and O–H groups in total. The summed E-state index contributed by atoms with van der Waals surface area (Å²) in [6, 6.07) is 2.64. The molecule has 37 heavy (non-hydrogen) atoms. The highest BCUT2D eigenvalue weighted by atomic mass is 16.2. The normalized spacial score (nSPS) is 30.8. The topological polar surface area (TPSA) is 79.7 Å². The molecule has 0 aromatic rings. The minimum absolute atomic E-state index is 0.00324. The van der Waals surface area contributed by atoms with E-state index >= 15 is 0 Å². The molecule has 208 valence electrons. The van der Waals surface area contributed by atoms with E-state index in [1.165, 1.54) is 0 Å².